The van der Waals surface area contributed by atoms with Crippen LogP contribution in [0, 0.1) is 0 Å². The fourth-order valence-corrected chi connectivity index (χ4v) is 3.54. The number of aldehydes is 1. The van der Waals surface area contributed by atoms with Crippen LogP contribution in [0.15, 0.2) is 47.4 Å². The first-order chi connectivity index (χ1) is 11.4. The van der Waals surface area contributed by atoms with Crippen LogP contribution in [-0.4, -0.2) is 32.2 Å². The van der Waals surface area contributed by atoms with Gasteiger partial charge in [-0.15, -0.1) is 0 Å². The second kappa shape index (κ2) is 5.50. The van der Waals surface area contributed by atoms with Gasteiger partial charge in [0.25, 0.3) is 0 Å². The van der Waals surface area contributed by atoms with E-state index in [1.807, 2.05) is 0 Å². The molecule has 0 saturated carbocycles. The summed E-state index contributed by atoms with van der Waals surface area (Å²) in [6, 6.07) is 9.59. The lowest BCUT2D eigenvalue weighted by molar-refractivity contribution is -0.140. The Hall–Kier alpha value is -3.13. The quantitative estimate of drug-likeness (QED) is 0.394. The largest absolute Gasteiger partial charge is 0.387 e. The average Bonchev–Trinajstić information content (AvgIpc) is 2.58. The number of benzene rings is 2. The van der Waals surface area contributed by atoms with Crippen LogP contribution in [0.1, 0.15) is 31.8 Å². The van der Waals surface area contributed by atoms with Gasteiger partial charge in [-0.05, 0) is 6.07 Å². The molecule has 120 valence electrons. The van der Waals surface area contributed by atoms with Crippen molar-refractivity contribution < 1.29 is 31.8 Å². The highest BCUT2D eigenvalue weighted by atomic mass is 32.2. The van der Waals surface area contributed by atoms with Gasteiger partial charge in [-0.2, -0.15) is 8.42 Å². The first-order valence-corrected chi connectivity index (χ1v) is 8.02. The number of carbonyl (C=O) groups excluding carboxylic acids is 4. The van der Waals surface area contributed by atoms with Crippen molar-refractivity contribution in [2.45, 2.75) is 4.90 Å². The van der Waals surface area contributed by atoms with Gasteiger partial charge in [0, 0.05) is 16.7 Å². The third-order valence-electron chi connectivity index (χ3n) is 3.47. The predicted octanol–water partition coefficient (Wildman–Crippen LogP) is 0.893. The summed E-state index contributed by atoms with van der Waals surface area (Å²) in [5.74, 6) is -2.82. The van der Waals surface area contributed by atoms with Crippen molar-refractivity contribution in [2.24, 2.45) is 0 Å². The molecule has 0 saturated heterocycles. The lowest BCUT2D eigenvalue weighted by Gasteiger charge is -2.19. The molecule has 0 heterocycles. The predicted molar refractivity (Wildman–Crippen MR) is 79.1 cm³/mol. The highest BCUT2D eigenvalue weighted by Gasteiger charge is 2.35. The Morgan fingerprint density at radius 1 is 0.875 bits per heavy atom. The van der Waals surface area contributed by atoms with Crippen molar-refractivity contribution in [3.8, 4) is 0 Å². The third kappa shape index (κ3) is 2.33. The number of rotatable bonds is 3. The monoisotopic (exact) mass is 344 g/mol. The molecule has 1 aliphatic carbocycles. The summed E-state index contributed by atoms with van der Waals surface area (Å²) >= 11 is 0. The Labute approximate surface area is 136 Å². The first kappa shape index (κ1) is 15.8. The minimum Gasteiger partial charge on any atom is -0.335 e. The van der Waals surface area contributed by atoms with Gasteiger partial charge in [0.05, 0.1) is 5.56 Å². The van der Waals surface area contributed by atoms with Gasteiger partial charge in [-0.25, -0.2) is 4.79 Å². The van der Waals surface area contributed by atoms with E-state index in [4.69, 9.17) is 0 Å². The topological polar surface area (TPSA) is 112 Å². The Morgan fingerprint density at radius 3 is 2.08 bits per heavy atom. The van der Waals surface area contributed by atoms with Crippen molar-refractivity contribution in [1.82, 2.24) is 0 Å². The molecule has 3 rings (SSSR count). The van der Waals surface area contributed by atoms with E-state index >= 15 is 0 Å². The van der Waals surface area contributed by atoms with Gasteiger partial charge in [0.15, 0.2) is 11.6 Å². The molecule has 24 heavy (non-hydrogen) atoms. The zero-order valence-corrected chi connectivity index (χ0v) is 12.7. The van der Waals surface area contributed by atoms with Crippen LogP contribution < -0.4 is 0 Å². The van der Waals surface area contributed by atoms with Crippen molar-refractivity contribution in [2.75, 3.05) is 0 Å². The van der Waals surface area contributed by atoms with E-state index in [9.17, 15) is 27.6 Å². The van der Waals surface area contributed by atoms with Crippen LogP contribution in [-0.2, 0) is 23.9 Å². The molecule has 1 aliphatic rings. The number of carbonyl (C=O) groups is 4. The van der Waals surface area contributed by atoms with Crippen LogP contribution in [0.4, 0.5) is 0 Å². The zero-order chi connectivity index (χ0) is 17.5. The summed E-state index contributed by atoms with van der Waals surface area (Å²) < 4.78 is 28.5. The molecule has 0 aliphatic heterocycles. The number of ketones is 2. The Kier molecular flexibility index (Phi) is 3.61. The van der Waals surface area contributed by atoms with Crippen molar-refractivity contribution in [3.63, 3.8) is 0 Å². The first-order valence-electron chi connectivity index (χ1n) is 6.62. The van der Waals surface area contributed by atoms with Gasteiger partial charge in [0.1, 0.15) is 4.90 Å². The highest BCUT2D eigenvalue weighted by Crippen LogP contribution is 2.32. The van der Waals surface area contributed by atoms with Gasteiger partial charge in [-0.1, -0.05) is 36.4 Å². The van der Waals surface area contributed by atoms with Gasteiger partial charge < -0.3 is 4.18 Å². The maximum Gasteiger partial charge on any atom is 0.387 e. The lowest BCUT2D eigenvalue weighted by atomic mass is 9.84. The SMILES string of the molecule is O=CC(=O)OS(=O)(=O)c1cccc2c1C(=O)c1ccccc1C2=O. The Balaban J connectivity index is 2.25. The summed E-state index contributed by atoms with van der Waals surface area (Å²) in [5, 5.41) is 0. The van der Waals surface area contributed by atoms with Gasteiger partial charge >= 0.3 is 16.1 Å². The van der Waals surface area contributed by atoms with Crippen LogP contribution in [0.2, 0.25) is 0 Å². The molecule has 0 N–H and O–H groups in total. The molecule has 8 heteroatoms. The number of fused-ring (bicyclic) bond motifs is 2. The van der Waals surface area contributed by atoms with Gasteiger partial charge in [0.2, 0.25) is 6.29 Å². The molecule has 0 atom stereocenters. The van der Waals surface area contributed by atoms with Crippen LogP contribution in [0.5, 0.6) is 0 Å². The van der Waals surface area contributed by atoms with E-state index in [0.717, 1.165) is 6.07 Å². The van der Waals surface area contributed by atoms with Gasteiger partial charge in [-0.3, -0.25) is 14.4 Å². The van der Waals surface area contributed by atoms with Crippen LogP contribution >= 0.6 is 0 Å². The van der Waals surface area contributed by atoms with Crippen LogP contribution in [0.25, 0.3) is 0 Å². The molecule has 0 spiro atoms. The smallest absolute Gasteiger partial charge is 0.335 e. The second-order valence-corrected chi connectivity index (χ2v) is 6.37. The molecule has 2 aromatic rings. The zero-order valence-electron chi connectivity index (χ0n) is 11.9. The normalized spacial score (nSPS) is 13.0. The molecule has 0 aromatic heterocycles. The number of hydrogen-bond donors (Lipinski definition) is 0. The second-order valence-electron chi connectivity index (χ2n) is 4.86. The van der Waals surface area contributed by atoms with E-state index < -0.39 is 32.5 Å². The van der Waals surface area contributed by atoms with E-state index in [2.05, 4.69) is 4.18 Å². The van der Waals surface area contributed by atoms with Crippen molar-refractivity contribution >= 4 is 33.9 Å². The van der Waals surface area contributed by atoms with Crippen molar-refractivity contribution in [3.05, 3.63) is 64.7 Å². The minimum absolute atomic E-state index is 0.0550. The molecule has 7 nitrogen and oxygen atoms in total. The summed E-state index contributed by atoms with van der Waals surface area (Å²) in [6.45, 7) is 0. The van der Waals surface area contributed by atoms with Crippen molar-refractivity contribution in [1.29, 1.82) is 0 Å². The van der Waals surface area contributed by atoms with E-state index in [1.165, 1.54) is 24.3 Å². The summed E-state index contributed by atoms with van der Waals surface area (Å²) in [5.41, 5.74) is -0.268. The summed E-state index contributed by atoms with van der Waals surface area (Å²) in [4.78, 5) is 45.8. The standard InChI is InChI=1S/C16H8O7S/c17-8-13(18)23-24(21,22)12-7-3-6-11-14(12)16(20)10-5-2-1-4-9(10)15(11)19/h1-8H. The molecule has 0 unspecified atom stereocenters. The number of hydrogen-bond acceptors (Lipinski definition) is 7. The van der Waals surface area contributed by atoms with E-state index in [0.29, 0.717) is 0 Å². The average molecular weight is 344 g/mol. The maximum absolute atomic E-state index is 12.6. The molecular formula is C16H8O7S. The fraction of sp³-hybridized carbons (Fsp3) is 0. The van der Waals surface area contributed by atoms with E-state index in [1.54, 1.807) is 12.1 Å². The Bertz CT molecular complexity index is 1020. The highest BCUT2D eigenvalue weighted by molar-refractivity contribution is 7.87. The Morgan fingerprint density at radius 2 is 1.46 bits per heavy atom. The maximum atomic E-state index is 12.6. The molecule has 0 amide bonds. The minimum atomic E-state index is -4.73. The molecule has 0 radical (unpaired) electrons. The lowest BCUT2D eigenvalue weighted by Crippen LogP contribution is -2.25. The third-order valence-corrected chi connectivity index (χ3v) is 4.73. The summed E-state index contributed by atoms with van der Waals surface area (Å²) in [7, 11) is -4.73. The molecule has 0 bridgehead atoms. The fourth-order valence-electron chi connectivity index (χ4n) is 2.49. The van der Waals surface area contributed by atoms with Crippen LogP contribution in [0.3, 0.4) is 0 Å². The molecule has 0 fully saturated rings. The molecular weight excluding hydrogens is 336 g/mol. The summed E-state index contributed by atoms with van der Waals surface area (Å²) in [6.07, 6.45) is -0.310. The van der Waals surface area contributed by atoms with E-state index in [-0.39, 0.29) is 28.5 Å². The molecule has 2 aromatic carbocycles.